The summed E-state index contributed by atoms with van der Waals surface area (Å²) in [5, 5.41) is 6.92. The Labute approximate surface area is 124 Å². The third kappa shape index (κ3) is 3.92. The van der Waals surface area contributed by atoms with Gasteiger partial charge < -0.3 is 15.4 Å². The van der Waals surface area contributed by atoms with Crippen molar-refractivity contribution in [2.45, 2.75) is 20.0 Å². The Morgan fingerprint density at radius 2 is 2.10 bits per heavy atom. The van der Waals surface area contributed by atoms with Gasteiger partial charge in [-0.25, -0.2) is 4.98 Å². The number of carbonyl (C=O) groups excluding carboxylic acids is 1. The highest BCUT2D eigenvalue weighted by molar-refractivity contribution is 5.99. The van der Waals surface area contributed by atoms with E-state index in [1.807, 2.05) is 45.2 Å². The van der Waals surface area contributed by atoms with Crippen molar-refractivity contribution in [2.24, 2.45) is 0 Å². The zero-order valence-electron chi connectivity index (χ0n) is 12.6. The molecule has 2 rings (SSSR count). The summed E-state index contributed by atoms with van der Waals surface area (Å²) in [6, 6.07) is 9.50. The zero-order chi connectivity index (χ0) is 15.2. The number of anilines is 1. The minimum Gasteiger partial charge on any atom is -0.388 e. The molecule has 1 heterocycles. The fourth-order valence-corrected chi connectivity index (χ4v) is 2.05. The molecule has 2 N–H and O–H groups in total. The van der Waals surface area contributed by atoms with Gasteiger partial charge in [0.25, 0.3) is 5.91 Å². The molecule has 0 unspecified atom stereocenters. The number of ether oxygens (including phenoxy) is 1. The lowest BCUT2D eigenvalue weighted by atomic mass is 10.1. The summed E-state index contributed by atoms with van der Waals surface area (Å²) in [6.07, 6.45) is 0.164. The van der Waals surface area contributed by atoms with Crippen molar-refractivity contribution in [3.63, 3.8) is 0 Å². The minimum atomic E-state index is -0.190. The average molecular weight is 287 g/mol. The molecule has 1 aromatic heterocycles. The van der Waals surface area contributed by atoms with Crippen LogP contribution in [0, 0.1) is 0 Å². The molecule has 0 atom stereocenters. The standard InChI is InChI=1S/C16H21N3O2/c1-11(2)21-9-8-18-16(20)15-10-14(17-3)12-6-4-5-7-13(12)19-15/h4-7,10-11H,8-9H2,1-3H3,(H,17,19)(H,18,20). The summed E-state index contributed by atoms with van der Waals surface area (Å²) < 4.78 is 5.40. The number of benzene rings is 1. The van der Waals surface area contributed by atoms with Gasteiger partial charge in [0.2, 0.25) is 0 Å². The van der Waals surface area contributed by atoms with E-state index in [2.05, 4.69) is 15.6 Å². The first-order valence-corrected chi connectivity index (χ1v) is 7.09. The summed E-state index contributed by atoms with van der Waals surface area (Å²) in [7, 11) is 1.83. The van der Waals surface area contributed by atoms with Crippen LogP contribution in [0.4, 0.5) is 5.69 Å². The van der Waals surface area contributed by atoms with Crippen molar-refractivity contribution in [1.82, 2.24) is 10.3 Å². The van der Waals surface area contributed by atoms with Crippen LogP contribution in [-0.4, -0.2) is 37.2 Å². The van der Waals surface area contributed by atoms with Crippen LogP contribution in [0.15, 0.2) is 30.3 Å². The van der Waals surface area contributed by atoms with Gasteiger partial charge >= 0.3 is 0 Å². The lowest BCUT2D eigenvalue weighted by Gasteiger charge is -2.10. The van der Waals surface area contributed by atoms with Crippen molar-refractivity contribution in [3.8, 4) is 0 Å². The van der Waals surface area contributed by atoms with E-state index < -0.39 is 0 Å². The van der Waals surface area contributed by atoms with E-state index in [0.29, 0.717) is 18.8 Å². The summed E-state index contributed by atoms with van der Waals surface area (Å²) >= 11 is 0. The van der Waals surface area contributed by atoms with E-state index in [9.17, 15) is 4.79 Å². The molecule has 0 saturated carbocycles. The second-order valence-corrected chi connectivity index (χ2v) is 5.00. The van der Waals surface area contributed by atoms with Gasteiger partial charge in [-0.05, 0) is 26.0 Å². The van der Waals surface area contributed by atoms with Crippen LogP contribution < -0.4 is 10.6 Å². The van der Waals surface area contributed by atoms with Gasteiger partial charge in [-0.15, -0.1) is 0 Å². The smallest absolute Gasteiger partial charge is 0.270 e. The number of hydrogen-bond donors (Lipinski definition) is 2. The third-order valence-electron chi connectivity index (χ3n) is 3.06. The average Bonchev–Trinajstić information content (AvgIpc) is 2.50. The SMILES string of the molecule is CNc1cc(C(=O)NCCOC(C)C)nc2ccccc12. The lowest BCUT2D eigenvalue weighted by Crippen LogP contribution is -2.28. The van der Waals surface area contributed by atoms with Crippen molar-refractivity contribution in [1.29, 1.82) is 0 Å². The van der Waals surface area contributed by atoms with Crippen LogP contribution in [0.1, 0.15) is 24.3 Å². The van der Waals surface area contributed by atoms with E-state index in [4.69, 9.17) is 4.74 Å². The Hall–Kier alpha value is -2.14. The molecular formula is C16H21N3O2. The second-order valence-electron chi connectivity index (χ2n) is 5.00. The molecule has 112 valence electrons. The fraction of sp³-hybridized carbons (Fsp3) is 0.375. The predicted octanol–water partition coefficient (Wildman–Crippen LogP) is 2.43. The number of amides is 1. The summed E-state index contributed by atoms with van der Waals surface area (Å²) in [6.45, 7) is 4.90. The maximum absolute atomic E-state index is 12.1. The second kappa shape index (κ2) is 7.04. The van der Waals surface area contributed by atoms with Crippen molar-refractivity contribution < 1.29 is 9.53 Å². The van der Waals surface area contributed by atoms with Gasteiger partial charge in [0, 0.05) is 24.7 Å². The van der Waals surface area contributed by atoms with Gasteiger partial charge in [0.15, 0.2) is 0 Å². The molecule has 0 fully saturated rings. The molecule has 0 radical (unpaired) electrons. The molecule has 1 amide bonds. The lowest BCUT2D eigenvalue weighted by molar-refractivity contribution is 0.0745. The van der Waals surface area contributed by atoms with Crippen molar-refractivity contribution in [2.75, 3.05) is 25.5 Å². The van der Waals surface area contributed by atoms with Crippen LogP contribution >= 0.6 is 0 Å². The summed E-state index contributed by atoms with van der Waals surface area (Å²) in [5.74, 6) is -0.190. The van der Waals surface area contributed by atoms with E-state index in [-0.39, 0.29) is 12.0 Å². The Morgan fingerprint density at radius 3 is 2.81 bits per heavy atom. The van der Waals surface area contributed by atoms with E-state index in [1.165, 1.54) is 0 Å². The first-order valence-electron chi connectivity index (χ1n) is 7.09. The Bertz CT molecular complexity index is 626. The van der Waals surface area contributed by atoms with Gasteiger partial charge in [0.1, 0.15) is 5.69 Å². The maximum atomic E-state index is 12.1. The third-order valence-corrected chi connectivity index (χ3v) is 3.06. The number of carbonyl (C=O) groups is 1. The van der Waals surface area contributed by atoms with E-state index in [1.54, 1.807) is 6.07 Å². The quantitative estimate of drug-likeness (QED) is 0.801. The normalized spacial score (nSPS) is 10.9. The van der Waals surface area contributed by atoms with Crippen molar-refractivity contribution in [3.05, 3.63) is 36.0 Å². The van der Waals surface area contributed by atoms with Gasteiger partial charge in [0.05, 0.1) is 18.2 Å². The van der Waals surface area contributed by atoms with Crippen LogP contribution in [0.3, 0.4) is 0 Å². The molecule has 0 aliphatic heterocycles. The van der Waals surface area contributed by atoms with Crippen molar-refractivity contribution >= 4 is 22.5 Å². The molecule has 0 bridgehead atoms. The highest BCUT2D eigenvalue weighted by Gasteiger charge is 2.11. The Kier molecular flexibility index (Phi) is 5.11. The van der Waals surface area contributed by atoms with Crippen LogP contribution in [-0.2, 0) is 4.74 Å². The zero-order valence-corrected chi connectivity index (χ0v) is 12.6. The van der Waals surface area contributed by atoms with Gasteiger partial charge in [-0.3, -0.25) is 4.79 Å². The number of fused-ring (bicyclic) bond motifs is 1. The van der Waals surface area contributed by atoms with E-state index >= 15 is 0 Å². The van der Waals surface area contributed by atoms with Gasteiger partial charge in [-0.1, -0.05) is 18.2 Å². The van der Waals surface area contributed by atoms with Gasteiger partial charge in [-0.2, -0.15) is 0 Å². The topological polar surface area (TPSA) is 63.2 Å². The molecule has 5 nitrogen and oxygen atoms in total. The maximum Gasteiger partial charge on any atom is 0.270 e. The molecular weight excluding hydrogens is 266 g/mol. The number of aromatic nitrogens is 1. The van der Waals surface area contributed by atoms with Crippen LogP contribution in [0.5, 0.6) is 0 Å². The first kappa shape index (κ1) is 15.3. The molecule has 0 aliphatic carbocycles. The molecule has 0 aliphatic rings. The molecule has 1 aromatic carbocycles. The number of pyridine rings is 1. The van der Waals surface area contributed by atoms with Crippen LogP contribution in [0.25, 0.3) is 10.9 Å². The highest BCUT2D eigenvalue weighted by atomic mass is 16.5. The predicted molar refractivity (Wildman–Crippen MR) is 84.7 cm³/mol. The largest absolute Gasteiger partial charge is 0.388 e. The monoisotopic (exact) mass is 287 g/mol. The fourth-order valence-electron chi connectivity index (χ4n) is 2.05. The molecule has 5 heteroatoms. The number of nitrogens with zero attached hydrogens (tertiary/aromatic N) is 1. The molecule has 21 heavy (non-hydrogen) atoms. The highest BCUT2D eigenvalue weighted by Crippen LogP contribution is 2.22. The molecule has 0 saturated heterocycles. The molecule has 2 aromatic rings. The first-order chi connectivity index (χ1) is 10.1. The Balaban J connectivity index is 2.12. The number of nitrogens with one attached hydrogen (secondary N) is 2. The number of hydrogen-bond acceptors (Lipinski definition) is 4. The number of para-hydroxylation sites is 1. The number of rotatable bonds is 6. The minimum absolute atomic E-state index is 0.164. The van der Waals surface area contributed by atoms with Crippen LogP contribution in [0.2, 0.25) is 0 Å². The summed E-state index contributed by atoms with van der Waals surface area (Å²) in [4.78, 5) is 16.5. The van der Waals surface area contributed by atoms with E-state index in [0.717, 1.165) is 16.6 Å². The summed E-state index contributed by atoms with van der Waals surface area (Å²) in [5.41, 5.74) is 2.10. The Morgan fingerprint density at radius 1 is 1.33 bits per heavy atom. The molecule has 0 spiro atoms.